The third-order valence-electron chi connectivity index (χ3n) is 5.81. The number of hydrogen-bond donors (Lipinski definition) is 1. The fourth-order valence-electron chi connectivity index (χ4n) is 3.99. The molecule has 2 aromatic carbocycles. The molecule has 6 nitrogen and oxygen atoms in total. The van der Waals surface area contributed by atoms with Gasteiger partial charge in [0.25, 0.3) is 11.7 Å². The minimum absolute atomic E-state index is 0.124. The molecule has 33 heavy (non-hydrogen) atoms. The molecule has 1 unspecified atom stereocenters. The van der Waals surface area contributed by atoms with Crippen LogP contribution in [0, 0.1) is 6.92 Å². The van der Waals surface area contributed by atoms with Crippen molar-refractivity contribution in [1.82, 2.24) is 9.80 Å². The first kappa shape index (κ1) is 24.5. The average molecular weight is 451 g/mol. The topological polar surface area (TPSA) is 70.1 Å². The summed E-state index contributed by atoms with van der Waals surface area (Å²) < 4.78 is 5.87. The Morgan fingerprint density at radius 2 is 1.82 bits per heavy atom. The molecule has 1 saturated heterocycles. The quantitative estimate of drug-likeness (QED) is 0.249. The number of ether oxygens (including phenoxy) is 1. The molecule has 1 N–H and O–H groups in total. The molecule has 0 radical (unpaired) electrons. The summed E-state index contributed by atoms with van der Waals surface area (Å²) in [5.41, 5.74) is 2.44. The first-order valence-electron chi connectivity index (χ1n) is 11.6. The van der Waals surface area contributed by atoms with E-state index in [9.17, 15) is 14.7 Å². The van der Waals surface area contributed by atoms with Crippen molar-refractivity contribution in [3.8, 4) is 5.75 Å². The predicted molar refractivity (Wildman–Crippen MR) is 130 cm³/mol. The molecule has 2 aromatic rings. The molecular formula is C27H34N2O4. The Labute approximate surface area is 196 Å². The molecule has 1 fully saturated rings. The fraction of sp³-hybridized carbons (Fsp3) is 0.407. The van der Waals surface area contributed by atoms with Crippen molar-refractivity contribution in [3.05, 3.63) is 70.8 Å². The number of likely N-dealkylation sites (tertiary alicyclic amines) is 1. The number of aliphatic hydroxyl groups excluding tert-OH is 1. The largest absolute Gasteiger partial charge is 0.507 e. The number of hydrogen-bond acceptors (Lipinski definition) is 5. The Hall–Kier alpha value is -3.12. The van der Waals surface area contributed by atoms with Gasteiger partial charge < -0.3 is 19.6 Å². The van der Waals surface area contributed by atoms with Crippen molar-refractivity contribution in [2.75, 3.05) is 33.8 Å². The summed E-state index contributed by atoms with van der Waals surface area (Å²) >= 11 is 0. The minimum Gasteiger partial charge on any atom is -0.507 e. The smallest absolute Gasteiger partial charge is 0.295 e. The Balaban J connectivity index is 2.04. The Morgan fingerprint density at radius 1 is 1.09 bits per heavy atom. The van der Waals surface area contributed by atoms with E-state index in [-0.39, 0.29) is 11.3 Å². The molecule has 3 rings (SSSR count). The van der Waals surface area contributed by atoms with Crippen LogP contribution in [-0.4, -0.2) is 60.4 Å². The van der Waals surface area contributed by atoms with Gasteiger partial charge >= 0.3 is 0 Å². The monoisotopic (exact) mass is 450 g/mol. The normalized spacial score (nSPS) is 17.7. The predicted octanol–water partition coefficient (Wildman–Crippen LogP) is 4.55. The van der Waals surface area contributed by atoms with Gasteiger partial charge in [-0.05, 0) is 58.1 Å². The van der Waals surface area contributed by atoms with Gasteiger partial charge in [-0.15, -0.1) is 0 Å². The van der Waals surface area contributed by atoms with E-state index in [1.54, 1.807) is 17.0 Å². The van der Waals surface area contributed by atoms with E-state index in [1.165, 1.54) is 0 Å². The van der Waals surface area contributed by atoms with Crippen molar-refractivity contribution >= 4 is 17.4 Å². The molecule has 1 aliphatic heterocycles. The molecule has 1 aliphatic rings. The van der Waals surface area contributed by atoms with Gasteiger partial charge in [-0.3, -0.25) is 9.59 Å². The molecule has 0 aromatic heterocycles. The highest BCUT2D eigenvalue weighted by molar-refractivity contribution is 6.46. The third kappa shape index (κ3) is 5.82. The van der Waals surface area contributed by atoms with Crippen molar-refractivity contribution in [3.63, 3.8) is 0 Å². The molecule has 6 heteroatoms. The maximum atomic E-state index is 13.1. The number of amides is 1. The number of aliphatic hydroxyl groups is 1. The molecule has 0 spiro atoms. The van der Waals surface area contributed by atoms with Crippen molar-refractivity contribution in [2.45, 2.75) is 39.2 Å². The zero-order valence-corrected chi connectivity index (χ0v) is 20.0. The van der Waals surface area contributed by atoms with Gasteiger partial charge in [-0.1, -0.05) is 55.3 Å². The van der Waals surface area contributed by atoms with Gasteiger partial charge in [0.15, 0.2) is 0 Å². The lowest BCUT2D eigenvalue weighted by molar-refractivity contribution is -0.139. The average Bonchev–Trinajstić information content (AvgIpc) is 3.04. The maximum Gasteiger partial charge on any atom is 0.295 e. The molecule has 1 amide bonds. The standard InChI is InChI=1S/C27H34N2O4/c1-5-6-17-33-22-10-7-9-21(18-22)24-23(25(30)20-13-11-19(2)12-14-20)26(31)27(32)29(24)16-8-15-28(3)4/h7,9-14,18,24,30H,5-6,8,15-17H2,1-4H3/b25-23-. The first-order valence-corrected chi connectivity index (χ1v) is 11.6. The SMILES string of the molecule is CCCCOc1cccc(C2/C(=C(/O)c3ccc(C)cc3)C(=O)C(=O)N2CCCN(C)C)c1. The Kier molecular flexibility index (Phi) is 8.28. The summed E-state index contributed by atoms with van der Waals surface area (Å²) in [5, 5.41) is 11.1. The maximum absolute atomic E-state index is 13.1. The molecule has 0 aliphatic carbocycles. The van der Waals surface area contributed by atoms with Gasteiger partial charge in [0.1, 0.15) is 11.5 Å². The van der Waals surface area contributed by atoms with E-state index in [0.29, 0.717) is 30.9 Å². The molecule has 1 heterocycles. The second kappa shape index (κ2) is 11.1. The van der Waals surface area contributed by atoms with Crippen LogP contribution < -0.4 is 4.74 Å². The number of unbranched alkanes of at least 4 members (excludes halogenated alkanes) is 1. The third-order valence-corrected chi connectivity index (χ3v) is 5.81. The minimum atomic E-state index is -0.664. The van der Waals surface area contributed by atoms with Crippen LogP contribution in [0.1, 0.15) is 48.9 Å². The van der Waals surface area contributed by atoms with Gasteiger partial charge in [0, 0.05) is 12.1 Å². The lowest BCUT2D eigenvalue weighted by atomic mass is 9.95. The molecule has 0 bridgehead atoms. The van der Waals surface area contributed by atoms with E-state index in [4.69, 9.17) is 4.74 Å². The van der Waals surface area contributed by atoms with Gasteiger partial charge in [-0.2, -0.15) is 0 Å². The van der Waals surface area contributed by atoms with Crippen LogP contribution in [0.25, 0.3) is 5.76 Å². The summed E-state index contributed by atoms with van der Waals surface area (Å²) in [6.07, 6.45) is 2.69. The van der Waals surface area contributed by atoms with E-state index in [2.05, 4.69) is 6.92 Å². The van der Waals surface area contributed by atoms with Gasteiger partial charge in [0.05, 0.1) is 18.2 Å². The summed E-state index contributed by atoms with van der Waals surface area (Å²) in [7, 11) is 3.94. The zero-order valence-electron chi connectivity index (χ0n) is 20.0. The summed E-state index contributed by atoms with van der Waals surface area (Å²) in [4.78, 5) is 29.8. The zero-order chi connectivity index (χ0) is 24.0. The number of carbonyl (C=O) groups is 2. The van der Waals surface area contributed by atoms with Crippen LogP contribution in [0.5, 0.6) is 5.75 Å². The van der Waals surface area contributed by atoms with E-state index < -0.39 is 17.7 Å². The summed E-state index contributed by atoms with van der Waals surface area (Å²) in [5.74, 6) is -0.689. The van der Waals surface area contributed by atoms with Crippen molar-refractivity contribution in [2.24, 2.45) is 0 Å². The van der Waals surface area contributed by atoms with Crippen molar-refractivity contribution < 1.29 is 19.4 Å². The highest BCUT2D eigenvalue weighted by Gasteiger charge is 2.45. The molecule has 1 atom stereocenters. The number of rotatable bonds is 10. The lowest BCUT2D eigenvalue weighted by Gasteiger charge is -2.26. The van der Waals surface area contributed by atoms with E-state index in [0.717, 1.165) is 30.5 Å². The lowest BCUT2D eigenvalue weighted by Crippen LogP contribution is -2.32. The highest BCUT2D eigenvalue weighted by Crippen LogP contribution is 2.40. The van der Waals surface area contributed by atoms with Crippen LogP contribution in [0.4, 0.5) is 0 Å². The number of Topliss-reactive ketones (excluding diaryl/α,β-unsaturated/α-hetero) is 1. The van der Waals surface area contributed by atoms with E-state index in [1.807, 2.05) is 62.3 Å². The van der Waals surface area contributed by atoms with Crippen LogP contribution in [0.15, 0.2) is 54.1 Å². The summed E-state index contributed by atoms with van der Waals surface area (Å²) in [6.45, 7) is 5.86. The van der Waals surface area contributed by atoms with E-state index >= 15 is 0 Å². The Morgan fingerprint density at radius 3 is 2.48 bits per heavy atom. The van der Waals surface area contributed by atoms with Crippen LogP contribution in [0.3, 0.4) is 0 Å². The number of nitrogens with zero attached hydrogens (tertiary/aromatic N) is 2. The second-order valence-corrected chi connectivity index (χ2v) is 8.79. The first-order chi connectivity index (χ1) is 15.8. The summed E-state index contributed by atoms with van der Waals surface area (Å²) in [6, 6.07) is 14.1. The number of ketones is 1. The van der Waals surface area contributed by atoms with Crippen LogP contribution in [-0.2, 0) is 9.59 Å². The van der Waals surface area contributed by atoms with Crippen molar-refractivity contribution in [1.29, 1.82) is 0 Å². The number of aryl methyl sites for hydroxylation is 1. The highest BCUT2D eigenvalue weighted by atomic mass is 16.5. The second-order valence-electron chi connectivity index (χ2n) is 8.79. The van der Waals surface area contributed by atoms with Crippen LogP contribution in [0.2, 0.25) is 0 Å². The fourth-order valence-corrected chi connectivity index (χ4v) is 3.99. The van der Waals surface area contributed by atoms with Gasteiger partial charge in [-0.25, -0.2) is 0 Å². The Bertz CT molecular complexity index is 1010. The number of benzene rings is 2. The number of carbonyl (C=O) groups excluding carboxylic acids is 2. The molecular weight excluding hydrogens is 416 g/mol. The van der Waals surface area contributed by atoms with Crippen LogP contribution >= 0.6 is 0 Å². The molecule has 0 saturated carbocycles. The van der Waals surface area contributed by atoms with Gasteiger partial charge in [0.2, 0.25) is 0 Å². The molecule has 176 valence electrons.